The van der Waals surface area contributed by atoms with Gasteiger partial charge in [0.15, 0.2) is 0 Å². The molecule has 0 spiro atoms. The smallest absolute Gasteiger partial charge is 0.255 e. The molecule has 0 fully saturated rings. The predicted molar refractivity (Wildman–Crippen MR) is 43.8 cm³/mol. The van der Waals surface area contributed by atoms with E-state index >= 15 is 0 Å². The highest BCUT2D eigenvalue weighted by Gasteiger charge is 1.98. The topological polar surface area (TPSA) is 8.81 Å². The molecule has 0 bridgehead atoms. The number of imidazole rings is 1. The van der Waals surface area contributed by atoms with Gasteiger partial charge in [-0.2, -0.15) is 3.97 Å². The first-order chi connectivity index (χ1) is 4.83. The summed E-state index contributed by atoms with van der Waals surface area (Å²) >= 11 is 1.84. The SMILES string of the molecule is CCCSn1cc[n+](C)c1.[Cl-]. The van der Waals surface area contributed by atoms with Crippen LogP contribution in [-0.2, 0) is 7.05 Å². The lowest BCUT2D eigenvalue weighted by Gasteiger charge is -1.88. The zero-order chi connectivity index (χ0) is 7.40. The first kappa shape index (κ1) is 10.8. The number of hydrogen-bond acceptors (Lipinski definition) is 1. The van der Waals surface area contributed by atoms with Gasteiger partial charge in [0.2, 0.25) is 0 Å². The van der Waals surface area contributed by atoms with Crippen LogP contribution in [0.25, 0.3) is 0 Å². The van der Waals surface area contributed by atoms with Gasteiger partial charge in [0.05, 0.1) is 19.0 Å². The number of rotatable bonds is 3. The molecule has 0 atom stereocenters. The minimum absolute atomic E-state index is 0. The Morgan fingerprint density at radius 1 is 1.55 bits per heavy atom. The standard InChI is InChI=1S/C7H13N2S.ClH/c1-3-6-10-9-5-4-8(2)7-9;/h4-5,7H,3,6H2,1-2H3;1H/q+1;/p-1. The van der Waals surface area contributed by atoms with Crippen molar-refractivity contribution in [2.24, 2.45) is 7.05 Å². The van der Waals surface area contributed by atoms with Crippen molar-refractivity contribution in [3.63, 3.8) is 0 Å². The average Bonchev–Trinajstić information content (AvgIpc) is 2.31. The van der Waals surface area contributed by atoms with Gasteiger partial charge in [0.1, 0.15) is 12.4 Å². The Morgan fingerprint density at radius 2 is 2.27 bits per heavy atom. The van der Waals surface area contributed by atoms with Gasteiger partial charge in [0, 0.05) is 5.75 Å². The van der Waals surface area contributed by atoms with Crippen LogP contribution in [0.2, 0.25) is 0 Å². The molecule has 0 amide bonds. The number of nitrogens with zero attached hydrogens (tertiary/aromatic N) is 2. The van der Waals surface area contributed by atoms with Gasteiger partial charge in [-0.3, -0.25) is 0 Å². The molecule has 1 aromatic heterocycles. The second kappa shape index (κ2) is 5.49. The Balaban J connectivity index is 0.000001000. The lowest BCUT2D eigenvalue weighted by atomic mass is 10.6. The van der Waals surface area contributed by atoms with E-state index in [1.165, 1.54) is 12.2 Å². The Bertz CT molecular complexity index is 200. The minimum atomic E-state index is 0. The quantitative estimate of drug-likeness (QED) is 0.515. The van der Waals surface area contributed by atoms with Gasteiger partial charge < -0.3 is 12.4 Å². The normalized spacial score (nSPS) is 9.27. The van der Waals surface area contributed by atoms with Crippen LogP contribution < -0.4 is 17.0 Å². The van der Waals surface area contributed by atoms with Crippen molar-refractivity contribution in [1.82, 2.24) is 3.97 Å². The summed E-state index contributed by atoms with van der Waals surface area (Å²) in [4.78, 5) is 0. The van der Waals surface area contributed by atoms with Gasteiger partial charge >= 0.3 is 0 Å². The van der Waals surface area contributed by atoms with Crippen LogP contribution in [0.15, 0.2) is 18.7 Å². The second-order valence-corrected chi connectivity index (χ2v) is 3.36. The van der Waals surface area contributed by atoms with E-state index in [1.807, 2.05) is 29.8 Å². The summed E-state index contributed by atoms with van der Waals surface area (Å²) in [5.74, 6) is 1.19. The molecular formula is C7H13ClN2S. The maximum Gasteiger partial charge on any atom is 0.255 e. The molecule has 11 heavy (non-hydrogen) atoms. The highest BCUT2D eigenvalue weighted by Crippen LogP contribution is 2.04. The van der Waals surface area contributed by atoms with Crippen molar-refractivity contribution < 1.29 is 17.0 Å². The average molecular weight is 193 g/mol. The highest BCUT2D eigenvalue weighted by atomic mass is 35.5. The van der Waals surface area contributed by atoms with Crippen molar-refractivity contribution in [3.8, 4) is 0 Å². The Morgan fingerprint density at radius 3 is 2.73 bits per heavy atom. The molecule has 0 unspecified atom stereocenters. The molecule has 4 heteroatoms. The molecule has 0 aliphatic carbocycles. The lowest BCUT2D eigenvalue weighted by molar-refractivity contribution is -0.670. The number of halogens is 1. The van der Waals surface area contributed by atoms with Crippen molar-refractivity contribution in [2.75, 3.05) is 5.75 Å². The summed E-state index contributed by atoms with van der Waals surface area (Å²) in [6.07, 6.45) is 7.41. The second-order valence-electron chi connectivity index (χ2n) is 2.27. The number of aromatic nitrogens is 2. The van der Waals surface area contributed by atoms with E-state index in [0.29, 0.717) is 0 Å². The van der Waals surface area contributed by atoms with Crippen molar-refractivity contribution in [2.45, 2.75) is 13.3 Å². The summed E-state index contributed by atoms with van der Waals surface area (Å²) in [5.41, 5.74) is 0. The first-order valence-corrected chi connectivity index (χ1v) is 4.43. The molecule has 0 N–H and O–H groups in total. The maximum atomic E-state index is 2.19. The van der Waals surface area contributed by atoms with Crippen molar-refractivity contribution in [3.05, 3.63) is 18.7 Å². The van der Waals surface area contributed by atoms with E-state index in [-0.39, 0.29) is 12.4 Å². The third-order valence-electron chi connectivity index (χ3n) is 1.19. The van der Waals surface area contributed by atoms with Crippen LogP contribution in [0.5, 0.6) is 0 Å². The van der Waals surface area contributed by atoms with Crippen LogP contribution in [0, 0.1) is 0 Å². The lowest BCUT2D eigenvalue weighted by Crippen LogP contribution is -3.00. The van der Waals surface area contributed by atoms with E-state index in [2.05, 4.69) is 23.4 Å². The fourth-order valence-electron chi connectivity index (χ4n) is 0.700. The Kier molecular flexibility index (Phi) is 5.42. The molecule has 64 valence electrons. The maximum absolute atomic E-state index is 2.19. The molecule has 1 rings (SSSR count). The molecule has 0 aliphatic rings. The minimum Gasteiger partial charge on any atom is -1.00 e. The Hall–Kier alpha value is -0.150. The summed E-state index contributed by atoms with van der Waals surface area (Å²) in [5, 5.41) is 0. The van der Waals surface area contributed by atoms with Crippen molar-refractivity contribution in [1.29, 1.82) is 0 Å². The van der Waals surface area contributed by atoms with Gasteiger partial charge in [-0.25, -0.2) is 4.57 Å². The van der Waals surface area contributed by atoms with Gasteiger partial charge in [0.25, 0.3) is 6.33 Å². The van der Waals surface area contributed by atoms with Crippen molar-refractivity contribution >= 4 is 11.9 Å². The zero-order valence-corrected chi connectivity index (χ0v) is 8.40. The van der Waals surface area contributed by atoms with E-state index in [0.717, 1.165) is 0 Å². The van der Waals surface area contributed by atoms with Crippen LogP contribution >= 0.6 is 11.9 Å². The van der Waals surface area contributed by atoms with E-state index in [4.69, 9.17) is 0 Å². The highest BCUT2D eigenvalue weighted by molar-refractivity contribution is 7.97. The number of hydrogen-bond donors (Lipinski definition) is 0. The van der Waals surface area contributed by atoms with E-state index in [1.54, 1.807) is 0 Å². The van der Waals surface area contributed by atoms with Crippen LogP contribution in [0.3, 0.4) is 0 Å². The summed E-state index contributed by atoms with van der Waals surface area (Å²) in [6.45, 7) is 2.19. The molecule has 0 saturated carbocycles. The van der Waals surface area contributed by atoms with E-state index < -0.39 is 0 Å². The largest absolute Gasteiger partial charge is 1.00 e. The first-order valence-electron chi connectivity index (χ1n) is 3.49. The molecule has 0 aromatic carbocycles. The monoisotopic (exact) mass is 192 g/mol. The molecule has 2 nitrogen and oxygen atoms in total. The molecule has 1 aromatic rings. The van der Waals surface area contributed by atoms with Gasteiger partial charge in [-0.15, -0.1) is 0 Å². The summed E-state index contributed by atoms with van der Waals surface area (Å²) in [6, 6.07) is 0. The molecule has 0 saturated heterocycles. The van der Waals surface area contributed by atoms with Crippen LogP contribution in [0.1, 0.15) is 13.3 Å². The molecule has 0 radical (unpaired) electrons. The molecule has 1 heterocycles. The molecular weight excluding hydrogens is 180 g/mol. The fourth-order valence-corrected chi connectivity index (χ4v) is 1.45. The predicted octanol–water partition coefficient (Wildman–Crippen LogP) is -1.78. The zero-order valence-electron chi connectivity index (χ0n) is 6.83. The fraction of sp³-hybridized carbons (Fsp3) is 0.571. The number of aryl methyl sites for hydroxylation is 1. The molecule has 0 aliphatic heterocycles. The van der Waals surface area contributed by atoms with Gasteiger partial charge in [-0.1, -0.05) is 6.92 Å². The van der Waals surface area contributed by atoms with Crippen LogP contribution in [0.4, 0.5) is 0 Å². The Labute approximate surface area is 78.2 Å². The third kappa shape index (κ3) is 3.68. The summed E-state index contributed by atoms with van der Waals surface area (Å²) in [7, 11) is 2.03. The van der Waals surface area contributed by atoms with E-state index in [9.17, 15) is 0 Å². The van der Waals surface area contributed by atoms with Gasteiger partial charge in [-0.05, 0) is 6.42 Å². The summed E-state index contributed by atoms with van der Waals surface area (Å²) < 4.78 is 4.17. The third-order valence-corrected chi connectivity index (χ3v) is 2.29. The van der Waals surface area contributed by atoms with Crippen LogP contribution in [-0.4, -0.2) is 9.73 Å².